The summed E-state index contributed by atoms with van der Waals surface area (Å²) in [5.74, 6) is 0.311. The number of carbonyl (C=O) groups excluding carboxylic acids is 3. The van der Waals surface area contributed by atoms with Crippen LogP contribution < -0.4 is 5.32 Å². The molecule has 0 aromatic heterocycles. The van der Waals surface area contributed by atoms with Crippen molar-refractivity contribution in [1.82, 2.24) is 20.0 Å². The van der Waals surface area contributed by atoms with Crippen molar-refractivity contribution >= 4 is 17.7 Å². The van der Waals surface area contributed by atoms with Crippen LogP contribution in [0.15, 0.2) is 0 Å². The first-order chi connectivity index (χ1) is 12.5. The zero-order valence-corrected chi connectivity index (χ0v) is 16.5. The van der Waals surface area contributed by atoms with Gasteiger partial charge < -0.3 is 15.1 Å². The van der Waals surface area contributed by atoms with Gasteiger partial charge in [-0.05, 0) is 32.6 Å². The molecule has 26 heavy (non-hydrogen) atoms. The molecule has 1 atom stereocenters. The zero-order chi connectivity index (χ0) is 19.1. The maximum absolute atomic E-state index is 13.0. The van der Waals surface area contributed by atoms with Crippen LogP contribution in [0.3, 0.4) is 0 Å². The molecular weight excluding hydrogens is 332 g/mol. The Morgan fingerprint density at radius 1 is 1.04 bits per heavy atom. The maximum atomic E-state index is 13.0. The van der Waals surface area contributed by atoms with Crippen molar-refractivity contribution in [3.05, 3.63) is 0 Å². The second-order valence-electron chi connectivity index (χ2n) is 7.39. The first-order valence-corrected chi connectivity index (χ1v) is 10.0. The molecule has 0 aromatic rings. The molecule has 1 aliphatic carbocycles. The summed E-state index contributed by atoms with van der Waals surface area (Å²) in [4.78, 5) is 42.6. The van der Waals surface area contributed by atoms with E-state index < -0.39 is 0 Å². The van der Waals surface area contributed by atoms with Crippen LogP contribution in [0, 0.1) is 5.92 Å². The summed E-state index contributed by atoms with van der Waals surface area (Å²) < 4.78 is 0. The summed E-state index contributed by atoms with van der Waals surface area (Å²) in [6, 6.07) is -0.390. The van der Waals surface area contributed by atoms with Crippen molar-refractivity contribution in [3.8, 4) is 0 Å². The van der Waals surface area contributed by atoms with Gasteiger partial charge in [-0.15, -0.1) is 0 Å². The molecule has 3 amide bonds. The Balaban J connectivity index is 1.87. The topological polar surface area (TPSA) is 73.0 Å². The maximum Gasteiger partial charge on any atom is 0.245 e. The number of amides is 3. The van der Waals surface area contributed by atoms with Gasteiger partial charge in [0.2, 0.25) is 17.7 Å². The van der Waals surface area contributed by atoms with E-state index >= 15 is 0 Å². The van der Waals surface area contributed by atoms with Crippen LogP contribution in [0.1, 0.15) is 46.5 Å². The molecule has 0 radical (unpaired) electrons. The second kappa shape index (κ2) is 9.90. The molecule has 1 unspecified atom stereocenters. The molecule has 0 aromatic carbocycles. The average Bonchev–Trinajstić information content (AvgIpc) is 3.15. The van der Waals surface area contributed by atoms with Crippen LogP contribution in [0.5, 0.6) is 0 Å². The third-order valence-corrected chi connectivity index (χ3v) is 5.66. The van der Waals surface area contributed by atoms with Gasteiger partial charge in [0.1, 0.15) is 6.04 Å². The Morgan fingerprint density at radius 2 is 1.62 bits per heavy atom. The van der Waals surface area contributed by atoms with E-state index in [0.29, 0.717) is 32.7 Å². The number of nitrogens with zero attached hydrogens (tertiary/aromatic N) is 3. The highest BCUT2D eigenvalue weighted by Gasteiger charge is 2.35. The number of likely N-dealkylation sites (N-methyl/N-ethyl adjacent to an activating group) is 1. The van der Waals surface area contributed by atoms with Gasteiger partial charge in [-0.25, -0.2) is 0 Å². The van der Waals surface area contributed by atoms with Crippen LogP contribution in [-0.2, 0) is 14.4 Å². The van der Waals surface area contributed by atoms with Crippen LogP contribution in [0.25, 0.3) is 0 Å². The predicted octanol–water partition coefficient (Wildman–Crippen LogP) is 0.694. The summed E-state index contributed by atoms with van der Waals surface area (Å²) in [5.41, 5.74) is 0. The van der Waals surface area contributed by atoms with Crippen molar-refractivity contribution in [3.63, 3.8) is 0 Å². The minimum Gasteiger partial charge on any atom is -0.344 e. The molecule has 1 aliphatic heterocycles. The van der Waals surface area contributed by atoms with E-state index in [4.69, 9.17) is 0 Å². The summed E-state index contributed by atoms with van der Waals surface area (Å²) in [6.45, 7) is 9.98. The van der Waals surface area contributed by atoms with Crippen LogP contribution >= 0.6 is 0 Å². The second-order valence-corrected chi connectivity index (χ2v) is 7.39. The van der Waals surface area contributed by atoms with Gasteiger partial charge in [-0.2, -0.15) is 0 Å². The number of piperazine rings is 1. The van der Waals surface area contributed by atoms with E-state index in [9.17, 15) is 14.4 Å². The molecule has 7 nitrogen and oxygen atoms in total. The molecular formula is C19H34N4O3. The largest absolute Gasteiger partial charge is 0.344 e. The Hall–Kier alpha value is -1.63. The van der Waals surface area contributed by atoms with Crippen molar-refractivity contribution in [1.29, 1.82) is 0 Å². The molecule has 0 spiro atoms. The van der Waals surface area contributed by atoms with Gasteiger partial charge >= 0.3 is 0 Å². The molecule has 1 heterocycles. The lowest BCUT2D eigenvalue weighted by Crippen LogP contribution is -2.57. The molecule has 1 saturated heterocycles. The smallest absolute Gasteiger partial charge is 0.245 e. The van der Waals surface area contributed by atoms with Gasteiger partial charge in [-0.1, -0.05) is 12.8 Å². The number of rotatable bonds is 7. The summed E-state index contributed by atoms with van der Waals surface area (Å²) >= 11 is 0. The summed E-state index contributed by atoms with van der Waals surface area (Å²) in [7, 11) is 0. The Bertz CT molecular complexity index is 493. The standard InChI is InChI=1S/C19H34N4O3/c1-4-22(5-2)17(25)14-21-10-12-23(13-11-21)19(26)18(20-15(3)24)16-8-6-7-9-16/h16,18H,4-14H2,1-3H3,(H,20,24). The van der Waals surface area contributed by atoms with E-state index in [0.717, 1.165) is 38.8 Å². The van der Waals surface area contributed by atoms with E-state index in [1.165, 1.54) is 6.92 Å². The lowest BCUT2D eigenvalue weighted by Gasteiger charge is -2.37. The number of hydrogen-bond acceptors (Lipinski definition) is 4. The molecule has 7 heteroatoms. The summed E-state index contributed by atoms with van der Waals surface area (Å²) in [5, 5.41) is 2.89. The molecule has 1 N–H and O–H groups in total. The molecule has 1 saturated carbocycles. The van der Waals surface area contributed by atoms with Crippen molar-refractivity contribution in [2.24, 2.45) is 5.92 Å². The molecule has 2 aliphatic rings. The van der Waals surface area contributed by atoms with Crippen molar-refractivity contribution in [2.45, 2.75) is 52.5 Å². The van der Waals surface area contributed by atoms with Gasteiger partial charge in [0.15, 0.2) is 0 Å². The third-order valence-electron chi connectivity index (χ3n) is 5.66. The molecule has 148 valence electrons. The minimum atomic E-state index is -0.390. The highest BCUT2D eigenvalue weighted by Crippen LogP contribution is 2.28. The Kier molecular flexibility index (Phi) is 7.87. The fraction of sp³-hybridized carbons (Fsp3) is 0.842. The first-order valence-electron chi connectivity index (χ1n) is 10.0. The van der Waals surface area contributed by atoms with Gasteiger partial charge in [0, 0.05) is 46.2 Å². The fourth-order valence-corrected chi connectivity index (χ4v) is 4.08. The SMILES string of the molecule is CCN(CC)C(=O)CN1CCN(C(=O)C(NC(C)=O)C2CCCC2)CC1. The molecule has 2 rings (SSSR count). The quantitative estimate of drug-likeness (QED) is 0.720. The average molecular weight is 367 g/mol. The monoisotopic (exact) mass is 366 g/mol. The zero-order valence-electron chi connectivity index (χ0n) is 16.5. The molecule has 2 fully saturated rings. The summed E-state index contributed by atoms with van der Waals surface area (Å²) in [6.07, 6.45) is 4.29. The van der Waals surface area contributed by atoms with E-state index in [1.54, 1.807) is 0 Å². The van der Waals surface area contributed by atoms with E-state index in [-0.39, 0.29) is 29.7 Å². The minimum absolute atomic E-state index is 0.0434. The van der Waals surface area contributed by atoms with Crippen molar-refractivity contribution < 1.29 is 14.4 Å². The van der Waals surface area contributed by atoms with Gasteiger partial charge in [0.05, 0.1) is 6.54 Å². The fourth-order valence-electron chi connectivity index (χ4n) is 4.08. The number of carbonyl (C=O) groups is 3. The number of nitrogens with one attached hydrogen (secondary N) is 1. The molecule has 0 bridgehead atoms. The normalized spacial score (nSPS) is 20.0. The van der Waals surface area contributed by atoms with Crippen LogP contribution in [0.4, 0.5) is 0 Å². The lowest BCUT2D eigenvalue weighted by molar-refractivity contribution is -0.140. The highest BCUT2D eigenvalue weighted by atomic mass is 16.2. The van der Waals surface area contributed by atoms with Gasteiger partial charge in [-0.3, -0.25) is 19.3 Å². The van der Waals surface area contributed by atoms with Crippen LogP contribution in [0.2, 0.25) is 0 Å². The van der Waals surface area contributed by atoms with Crippen molar-refractivity contribution in [2.75, 3.05) is 45.8 Å². The first kappa shape index (κ1) is 20.7. The third kappa shape index (κ3) is 5.43. The highest BCUT2D eigenvalue weighted by molar-refractivity contribution is 5.87. The Morgan fingerprint density at radius 3 is 2.12 bits per heavy atom. The predicted molar refractivity (Wildman–Crippen MR) is 101 cm³/mol. The van der Waals surface area contributed by atoms with Gasteiger partial charge in [0.25, 0.3) is 0 Å². The Labute approximate surface area is 157 Å². The van der Waals surface area contributed by atoms with E-state index in [1.807, 2.05) is 23.6 Å². The lowest BCUT2D eigenvalue weighted by atomic mass is 9.96. The number of hydrogen-bond donors (Lipinski definition) is 1. The van der Waals surface area contributed by atoms with Crippen LogP contribution in [-0.4, -0.2) is 84.3 Å². The van der Waals surface area contributed by atoms with E-state index in [2.05, 4.69) is 10.2 Å².